The van der Waals surface area contributed by atoms with Gasteiger partial charge in [-0.15, -0.1) is 6.58 Å². The molecule has 0 aliphatic heterocycles. The number of hydrogen-bond donors (Lipinski definition) is 0. The zero-order valence-electron chi connectivity index (χ0n) is 5.69. The summed E-state index contributed by atoms with van der Waals surface area (Å²) in [6.45, 7) is 3.22. The summed E-state index contributed by atoms with van der Waals surface area (Å²) in [6.07, 6.45) is 0.917. The zero-order valence-corrected chi connectivity index (χ0v) is 5.69. The van der Waals surface area contributed by atoms with Gasteiger partial charge in [-0.2, -0.15) is 8.78 Å². The minimum atomic E-state index is -2.73. The quantitative estimate of drug-likeness (QED) is 0.420. The van der Waals surface area contributed by atoms with Crippen molar-refractivity contribution in [1.82, 2.24) is 4.90 Å². The summed E-state index contributed by atoms with van der Waals surface area (Å²) in [5.74, 6) is 0. The second kappa shape index (κ2) is 2.92. The van der Waals surface area contributed by atoms with Gasteiger partial charge in [-0.05, 0) is 14.1 Å². The molecule has 0 aromatic carbocycles. The average molecular weight is 135 g/mol. The van der Waals surface area contributed by atoms with Crippen LogP contribution in [-0.2, 0) is 0 Å². The lowest BCUT2D eigenvalue weighted by Crippen LogP contribution is -2.34. The van der Waals surface area contributed by atoms with Gasteiger partial charge in [-0.25, -0.2) is 0 Å². The first-order chi connectivity index (χ1) is 4.00. The maximum absolute atomic E-state index is 12.4. The van der Waals surface area contributed by atoms with Gasteiger partial charge in [0.05, 0.1) is 0 Å². The molecule has 0 saturated heterocycles. The lowest BCUT2D eigenvalue weighted by molar-refractivity contribution is -0.118. The maximum Gasteiger partial charge on any atom is 0.307 e. The lowest BCUT2D eigenvalue weighted by atomic mass is 10.3. The lowest BCUT2D eigenvalue weighted by Gasteiger charge is -2.21. The van der Waals surface area contributed by atoms with Crippen LogP contribution >= 0.6 is 0 Å². The summed E-state index contributed by atoms with van der Waals surface area (Å²) >= 11 is 0. The Labute approximate surface area is 54.0 Å². The van der Waals surface area contributed by atoms with Gasteiger partial charge in [0.25, 0.3) is 0 Å². The Morgan fingerprint density at radius 1 is 1.56 bits per heavy atom. The van der Waals surface area contributed by atoms with Crippen LogP contribution in [0.4, 0.5) is 8.78 Å². The molecule has 0 aliphatic rings. The molecule has 0 rings (SSSR count). The highest BCUT2D eigenvalue weighted by Crippen LogP contribution is 2.20. The largest absolute Gasteiger partial charge is 0.307 e. The van der Waals surface area contributed by atoms with E-state index in [2.05, 4.69) is 6.58 Å². The monoisotopic (exact) mass is 135 g/mol. The number of rotatable bonds is 3. The summed E-state index contributed by atoms with van der Waals surface area (Å²) in [7, 11) is 2.67. The summed E-state index contributed by atoms with van der Waals surface area (Å²) < 4.78 is 24.8. The molecule has 0 saturated carbocycles. The van der Waals surface area contributed by atoms with E-state index in [1.807, 2.05) is 0 Å². The van der Waals surface area contributed by atoms with Crippen LogP contribution in [0, 0.1) is 0 Å². The molecular weight excluding hydrogens is 124 g/mol. The van der Waals surface area contributed by atoms with Gasteiger partial charge in [0.1, 0.15) is 0 Å². The predicted octanol–water partition coefficient (Wildman–Crippen LogP) is 1.72. The molecule has 0 radical (unpaired) electrons. The van der Waals surface area contributed by atoms with Crippen LogP contribution in [0.3, 0.4) is 0 Å². The second-order valence-electron chi connectivity index (χ2n) is 2.05. The summed E-state index contributed by atoms with van der Waals surface area (Å²) in [5.41, 5.74) is 0. The number of hydrogen-bond acceptors (Lipinski definition) is 1. The molecule has 1 nitrogen and oxygen atoms in total. The van der Waals surface area contributed by atoms with Crippen LogP contribution in [-0.4, -0.2) is 25.0 Å². The van der Waals surface area contributed by atoms with Gasteiger partial charge in [-0.1, -0.05) is 6.08 Å². The number of alkyl halides is 2. The van der Waals surface area contributed by atoms with Crippen LogP contribution in [0.25, 0.3) is 0 Å². The molecule has 0 aromatic heterocycles. The van der Waals surface area contributed by atoms with Crippen molar-refractivity contribution in [2.75, 3.05) is 14.1 Å². The third-order valence-corrected chi connectivity index (χ3v) is 1.04. The maximum atomic E-state index is 12.4. The van der Waals surface area contributed by atoms with Crippen molar-refractivity contribution in [3.63, 3.8) is 0 Å². The van der Waals surface area contributed by atoms with Crippen molar-refractivity contribution in [3.8, 4) is 0 Å². The normalized spacial score (nSPS) is 12.1. The highest BCUT2D eigenvalue weighted by molar-refractivity contribution is 4.76. The van der Waals surface area contributed by atoms with Crippen LogP contribution < -0.4 is 0 Å². The summed E-state index contributed by atoms with van der Waals surface area (Å²) in [4.78, 5) is 0.870. The van der Waals surface area contributed by atoms with Gasteiger partial charge in [-0.3, -0.25) is 4.90 Å². The molecule has 0 N–H and O–H groups in total. The van der Waals surface area contributed by atoms with E-state index in [1.54, 1.807) is 0 Å². The summed E-state index contributed by atoms with van der Waals surface area (Å²) in [5, 5.41) is 0. The Morgan fingerprint density at radius 2 is 2.00 bits per heavy atom. The molecule has 0 heterocycles. The number of nitrogens with zero attached hydrogens (tertiary/aromatic N) is 1. The van der Waals surface area contributed by atoms with E-state index in [1.165, 1.54) is 20.2 Å². The van der Waals surface area contributed by atoms with Crippen molar-refractivity contribution in [1.29, 1.82) is 0 Å². The predicted molar refractivity (Wildman–Crippen MR) is 33.4 cm³/mol. The van der Waals surface area contributed by atoms with E-state index >= 15 is 0 Å². The Bertz CT molecular complexity index is 99.2. The van der Waals surface area contributed by atoms with Gasteiger partial charge in [0, 0.05) is 6.42 Å². The Morgan fingerprint density at radius 3 is 2.11 bits per heavy atom. The first-order valence-corrected chi connectivity index (χ1v) is 2.67. The van der Waals surface area contributed by atoms with E-state index in [-0.39, 0.29) is 6.42 Å². The zero-order chi connectivity index (χ0) is 7.49. The average Bonchev–Trinajstić information content (AvgIpc) is 1.65. The molecule has 3 heteroatoms. The fraction of sp³-hybridized carbons (Fsp3) is 0.667. The first kappa shape index (κ1) is 8.56. The first-order valence-electron chi connectivity index (χ1n) is 2.67. The molecule has 9 heavy (non-hydrogen) atoms. The molecule has 0 aliphatic carbocycles. The van der Waals surface area contributed by atoms with Gasteiger partial charge in [0.2, 0.25) is 0 Å². The van der Waals surface area contributed by atoms with Crippen molar-refractivity contribution in [3.05, 3.63) is 12.7 Å². The minimum absolute atomic E-state index is 0.292. The van der Waals surface area contributed by atoms with E-state index in [0.717, 1.165) is 4.90 Å². The fourth-order valence-corrected chi connectivity index (χ4v) is 0.356. The van der Waals surface area contributed by atoms with E-state index in [0.29, 0.717) is 0 Å². The Hall–Kier alpha value is -0.440. The van der Waals surface area contributed by atoms with Crippen molar-refractivity contribution >= 4 is 0 Å². The molecule has 54 valence electrons. The molecule has 0 amide bonds. The molecule has 0 atom stereocenters. The van der Waals surface area contributed by atoms with Gasteiger partial charge >= 0.3 is 6.05 Å². The third kappa shape index (κ3) is 2.56. The number of halogens is 2. The van der Waals surface area contributed by atoms with Crippen LogP contribution in [0.5, 0.6) is 0 Å². The fourth-order valence-electron chi connectivity index (χ4n) is 0.356. The van der Waals surface area contributed by atoms with Gasteiger partial charge < -0.3 is 0 Å². The highest BCUT2D eigenvalue weighted by Gasteiger charge is 2.29. The molecule has 0 fully saturated rings. The second-order valence-corrected chi connectivity index (χ2v) is 2.05. The molecule has 0 unspecified atom stereocenters. The SMILES string of the molecule is C=CCC(F)(F)N(C)C. The van der Waals surface area contributed by atoms with Crippen molar-refractivity contribution in [2.45, 2.75) is 12.5 Å². The minimum Gasteiger partial charge on any atom is -0.251 e. The van der Waals surface area contributed by atoms with E-state index in [4.69, 9.17) is 0 Å². The summed E-state index contributed by atoms with van der Waals surface area (Å²) in [6, 6.07) is -2.73. The molecule has 0 spiro atoms. The molecule has 0 bridgehead atoms. The highest BCUT2D eigenvalue weighted by atomic mass is 19.3. The van der Waals surface area contributed by atoms with Crippen molar-refractivity contribution in [2.24, 2.45) is 0 Å². The topological polar surface area (TPSA) is 3.24 Å². The van der Waals surface area contributed by atoms with E-state index in [9.17, 15) is 8.78 Å². The van der Waals surface area contributed by atoms with Crippen LogP contribution in [0.15, 0.2) is 12.7 Å². The van der Waals surface area contributed by atoms with Crippen LogP contribution in [0.2, 0.25) is 0 Å². The Kier molecular flexibility index (Phi) is 2.77. The molecule has 0 aromatic rings. The smallest absolute Gasteiger partial charge is 0.251 e. The third-order valence-electron chi connectivity index (χ3n) is 1.04. The molecular formula is C6H11F2N. The van der Waals surface area contributed by atoms with Crippen molar-refractivity contribution < 1.29 is 8.78 Å². The van der Waals surface area contributed by atoms with Gasteiger partial charge in [0.15, 0.2) is 0 Å². The van der Waals surface area contributed by atoms with E-state index < -0.39 is 6.05 Å². The van der Waals surface area contributed by atoms with Crippen LogP contribution in [0.1, 0.15) is 6.42 Å². The standard InChI is InChI=1S/C6H11F2N/c1-4-5-6(7,8)9(2)3/h4H,1,5H2,2-3H3. The Balaban J connectivity index is 3.84.